The van der Waals surface area contributed by atoms with Crippen molar-refractivity contribution in [3.05, 3.63) is 5.89 Å². The smallest absolute Gasteiger partial charge is 0.318 e. The highest BCUT2D eigenvalue weighted by Gasteiger charge is 2.33. The third-order valence-electron chi connectivity index (χ3n) is 3.34. The Morgan fingerprint density at radius 1 is 1.45 bits per heavy atom. The Bertz CT molecular complexity index is 433. The summed E-state index contributed by atoms with van der Waals surface area (Å²) in [5.41, 5.74) is -0.196. The summed E-state index contributed by atoms with van der Waals surface area (Å²) in [5.74, 6) is 0.644. The van der Waals surface area contributed by atoms with E-state index in [1.54, 1.807) is 0 Å². The van der Waals surface area contributed by atoms with E-state index in [2.05, 4.69) is 48.1 Å². The number of morpholine rings is 1. The van der Waals surface area contributed by atoms with Crippen molar-refractivity contribution < 1.29 is 9.15 Å². The lowest BCUT2D eigenvalue weighted by atomic mass is 10.1. The van der Waals surface area contributed by atoms with Crippen molar-refractivity contribution in [1.29, 1.82) is 0 Å². The van der Waals surface area contributed by atoms with Crippen LogP contribution in [0.25, 0.3) is 0 Å². The average Bonchev–Trinajstić information content (AvgIpc) is 2.83. The summed E-state index contributed by atoms with van der Waals surface area (Å²) in [6.45, 7) is 12.9. The SMILES string of the molecule is CCCNC(C)c1nnc(N2CC(C)OC(C)(C)C2)o1. The Hall–Kier alpha value is -1.14. The maximum atomic E-state index is 5.89. The first-order valence-corrected chi connectivity index (χ1v) is 7.41. The van der Waals surface area contributed by atoms with Gasteiger partial charge < -0.3 is 19.4 Å². The minimum atomic E-state index is -0.196. The zero-order valence-corrected chi connectivity index (χ0v) is 13.1. The molecule has 0 aromatic carbocycles. The van der Waals surface area contributed by atoms with Crippen molar-refractivity contribution in [2.45, 2.75) is 58.8 Å². The van der Waals surface area contributed by atoms with Gasteiger partial charge in [-0.15, -0.1) is 5.10 Å². The lowest BCUT2D eigenvalue weighted by Gasteiger charge is -2.40. The van der Waals surface area contributed by atoms with Gasteiger partial charge in [0.1, 0.15) is 0 Å². The third-order valence-corrected chi connectivity index (χ3v) is 3.34. The molecule has 2 unspecified atom stereocenters. The number of hydrogen-bond acceptors (Lipinski definition) is 6. The molecule has 1 N–H and O–H groups in total. The van der Waals surface area contributed by atoms with Crippen LogP contribution in [0.15, 0.2) is 4.42 Å². The van der Waals surface area contributed by atoms with Gasteiger partial charge in [0, 0.05) is 6.54 Å². The van der Waals surface area contributed by atoms with Gasteiger partial charge in [0.05, 0.1) is 24.3 Å². The van der Waals surface area contributed by atoms with E-state index in [0.29, 0.717) is 11.9 Å². The molecule has 0 saturated carbocycles. The average molecular weight is 282 g/mol. The fourth-order valence-corrected chi connectivity index (χ4v) is 2.58. The molecule has 0 radical (unpaired) electrons. The number of nitrogens with one attached hydrogen (secondary N) is 1. The second-order valence-electron chi connectivity index (χ2n) is 6.17. The Kier molecular flexibility index (Phi) is 4.65. The van der Waals surface area contributed by atoms with Crippen LogP contribution >= 0.6 is 0 Å². The monoisotopic (exact) mass is 282 g/mol. The number of hydrogen-bond donors (Lipinski definition) is 1. The van der Waals surface area contributed by atoms with E-state index in [4.69, 9.17) is 9.15 Å². The molecule has 114 valence electrons. The standard InChI is InChI=1S/C14H26N4O2/c1-6-7-15-11(3)12-16-17-13(19-12)18-8-10(2)20-14(4,5)9-18/h10-11,15H,6-9H2,1-5H3. The minimum absolute atomic E-state index is 0.0858. The second-order valence-corrected chi connectivity index (χ2v) is 6.17. The second kappa shape index (κ2) is 6.10. The Balaban J connectivity index is 2.04. The lowest BCUT2D eigenvalue weighted by molar-refractivity contribution is -0.0761. The quantitative estimate of drug-likeness (QED) is 0.892. The van der Waals surface area contributed by atoms with Gasteiger partial charge in [-0.3, -0.25) is 0 Å². The summed E-state index contributed by atoms with van der Waals surface area (Å²) in [6, 6.07) is 0.677. The molecular formula is C14H26N4O2. The van der Waals surface area contributed by atoms with Crippen molar-refractivity contribution in [2.24, 2.45) is 0 Å². The van der Waals surface area contributed by atoms with E-state index in [1.165, 1.54) is 0 Å². The van der Waals surface area contributed by atoms with Crippen LogP contribution in [0, 0.1) is 0 Å². The number of nitrogens with zero attached hydrogens (tertiary/aromatic N) is 3. The predicted molar refractivity (Wildman–Crippen MR) is 77.8 cm³/mol. The van der Waals surface area contributed by atoms with Gasteiger partial charge >= 0.3 is 6.01 Å². The Morgan fingerprint density at radius 3 is 2.85 bits per heavy atom. The summed E-state index contributed by atoms with van der Waals surface area (Å²) in [5, 5.41) is 11.7. The molecule has 1 aliphatic rings. The molecule has 6 nitrogen and oxygen atoms in total. The van der Waals surface area contributed by atoms with Crippen molar-refractivity contribution in [3.63, 3.8) is 0 Å². The van der Waals surface area contributed by atoms with Crippen LogP contribution in [0.5, 0.6) is 0 Å². The molecule has 2 atom stereocenters. The van der Waals surface area contributed by atoms with E-state index in [1.807, 2.05) is 6.92 Å². The molecular weight excluding hydrogens is 256 g/mol. The third kappa shape index (κ3) is 3.70. The first kappa shape index (κ1) is 15.3. The number of ether oxygens (including phenoxy) is 1. The van der Waals surface area contributed by atoms with Crippen molar-refractivity contribution in [1.82, 2.24) is 15.5 Å². The zero-order chi connectivity index (χ0) is 14.8. The van der Waals surface area contributed by atoms with Gasteiger partial charge in [-0.1, -0.05) is 12.0 Å². The largest absolute Gasteiger partial charge is 0.406 e. The van der Waals surface area contributed by atoms with Crippen LogP contribution in [0.1, 0.15) is 53.0 Å². The number of anilines is 1. The zero-order valence-electron chi connectivity index (χ0n) is 13.1. The first-order valence-electron chi connectivity index (χ1n) is 7.41. The fourth-order valence-electron chi connectivity index (χ4n) is 2.58. The molecule has 1 aliphatic heterocycles. The van der Waals surface area contributed by atoms with Gasteiger partial charge in [-0.25, -0.2) is 0 Å². The molecule has 2 heterocycles. The van der Waals surface area contributed by atoms with E-state index in [9.17, 15) is 0 Å². The van der Waals surface area contributed by atoms with E-state index >= 15 is 0 Å². The van der Waals surface area contributed by atoms with Crippen LogP contribution in [0.3, 0.4) is 0 Å². The normalized spacial score (nSPS) is 23.9. The summed E-state index contributed by atoms with van der Waals surface area (Å²) >= 11 is 0. The highest BCUT2D eigenvalue weighted by Crippen LogP contribution is 2.26. The topological polar surface area (TPSA) is 63.4 Å². The summed E-state index contributed by atoms with van der Waals surface area (Å²) < 4.78 is 11.7. The summed E-state index contributed by atoms with van der Waals surface area (Å²) in [6.07, 6.45) is 1.24. The molecule has 20 heavy (non-hydrogen) atoms. The first-order chi connectivity index (χ1) is 9.41. The van der Waals surface area contributed by atoms with Crippen LogP contribution in [0.2, 0.25) is 0 Å². The molecule has 1 aromatic rings. The van der Waals surface area contributed by atoms with Crippen molar-refractivity contribution in [2.75, 3.05) is 24.5 Å². The van der Waals surface area contributed by atoms with Crippen LogP contribution in [-0.4, -0.2) is 41.5 Å². The van der Waals surface area contributed by atoms with Gasteiger partial charge in [0.15, 0.2) is 0 Å². The summed E-state index contributed by atoms with van der Waals surface area (Å²) in [7, 11) is 0. The minimum Gasteiger partial charge on any atom is -0.406 e. The van der Waals surface area contributed by atoms with Crippen molar-refractivity contribution in [3.8, 4) is 0 Å². The van der Waals surface area contributed by atoms with E-state index in [-0.39, 0.29) is 17.7 Å². The van der Waals surface area contributed by atoms with Crippen LogP contribution in [0.4, 0.5) is 6.01 Å². The van der Waals surface area contributed by atoms with Gasteiger partial charge in [-0.2, -0.15) is 0 Å². The molecule has 1 saturated heterocycles. The van der Waals surface area contributed by atoms with E-state index in [0.717, 1.165) is 26.1 Å². The molecule has 1 aromatic heterocycles. The molecule has 6 heteroatoms. The molecule has 0 spiro atoms. The maximum Gasteiger partial charge on any atom is 0.318 e. The Morgan fingerprint density at radius 2 is 2.20 bits per heavy atom. The molecule has 1 fully saturated rings. The highest BCUT2D eigenvalue weighted by atomic mass is 16.5. The molecule has 0 bridgehead atoms. The van der Waals surface area contributed by atoms with Crippen molar-refractivity contribution >= 4 is 6.01 Å². The van der Waals surface area contributed by atoms with Crippen LogP contribution < -0.4 is 10.2 Å². The van der Waals surface area contributed by atoms with Gasteiger partial charge in [-0.05, 0) is 40.7 Å². The van der Waals surface area contributed by atoms with Crippen LogP contribution in [-0.2, 0) is 4.74 Å². The lowest BCUT2D eigenvalue weighted by Crippen LogP contribution is -2.52. The molecule has 0 aliphatic carbocycles. The summed E-state index contributed by atoms with van der Waals surface area (Å²) in [4.78, 5) is 2.11. The van der Waals surface area contributed by atoms with E-state index < -0.39 is 0 Å². The van der Waals surface area contributed by atoms with Gasteiger partial charge in [0.25, 0.3) is 0 Å². The number of rotatable bonds is 5. The van der Waals surface area contributed by atoms with Gasteiger partial charge in [0.2, 0.25) is 5.89 Å². The highest BCUT2D eigenvalue weighted by molar-refractivity contribution is 5.27. The molecule has 2 rings (SSSR count). The number of aromatic nitrogens is 2. The molecule has 0 amide bonds. The Labute approximate surface area is 120 Å². The maximum absolute atomic E-state index is 5.89. The predicted octanol–water partition coefficient (Wildman–Crippen LogP) is 2.13. The fraction of sp³-hybridized carbons (Fsp3) is 0.857.